The Morgan fingerprint density at radius 2 is 1.75 bits per heavy atom. The molecule has 2 fully saturated rings. The number of piperidine rings is 1. The van der Waals surface area contributed by atoms with Crippen LogP contribution in [0.3, 0.4) is 0 Å². The van der Waals surface area contributed by atoms with E-state index < -0.39 is 0 Å². The van der Waals surface area contributed by atoms with Crippen LogP contribution in [0.2, 0.25) is 0 Å². The first-order chi connectivity index (χ1) is 11.5. The van der Waals surface area contributed by atoms with Crippen LogP contribution < -0.4 is 0 Å². The molecule has 2 saturated heterocycles. The van der Waals surface area contributed by atoms with Crippen LogP contribution in [0.25, 0.3) is 0 Å². The van der Waals surface area contributed by atoms with E-state index in [2.05, 4.69) is 26.6 Å². The summed E-state index contributed by atoms with van der Waals surface area (Å²) in [5.74, 6) is -0.0631. The van der Waals surface area contributed by atoms with Gasteiger partial charge in [0, 0.05) is 51.9 Å². The van der Waals surface area contributed by atoms with Crippen molar-refractivity contribution in [3.63, 3.8) is 0 Å². The molecule has 0 amide bonds. The molecule has 2 aliphatic heterocycles. The highest BCUT2D eigenvalue weighted by Gasteiger charge is 2.30. The Balaban J connectivity index is 1.66. The van der Waals surface area contributed by atoms with Crippen molar-refractivity contribution in [3.8, 4) is 0 Å². The zero-order valence-electron chi connectivity index (χ0n) is 16.0. The molecule has 6 heteroatoms. The van der Waals surface area contributed by atoms with Crippen molar-refractivity contribution in [2.45, 2.75) is 38.3 Å². The molecule has 2 rings (SSSR count). The average Bonchev–Trinajstić information content (AvgIpc) is 2.58. The number of nitrogens with zero attached hydrogens (tertiary/aromatic N) is 4. The molecule has 0 aromatic rings. The van der Waals surface area contributed by atoms with Crippen LogP contribution in [-0.4, -0.2) is 111 Å². The van der Waals surface area contributed by atoms with Gasteiger partial charge in [0.2, 0.25) is 0 Å². The predicted octanol–water partition coefficient (Wildman–Crippen LogP) is 0.582. The second-order valence-electron chi connectivity index (χ2n) is 7.61. The van der Waals surface area contributed by atoms with Crippen molar-refractivity contribution in [2.24, 2.45) is 0 Å². The van der Waals surface area contributed by atoms with Gasteiger partial charge in [-0.3, -0.25) is 14.6 Å². The van der Waals surface area contributed by atoms with E-state index in [4.69, 9.17) is 4.74 Å². The molecule has 0 bridgehead atoms. The molecule has 2 aliphatic rings. The van der Waals surface area contributed by atoms with E-state index >= 15 is 0 Å². The molecule has 0 aliphatic carbocycles. The van der Waals surface area contributed by atoms with Gasteiger partial charge in [-0.1, -0.05) is 0 Å². The van der Waals surface area contributed by atoms with Gasteiger partial charge >= 0.3 is 5.97 Å². The monoisotopic (exact) mass is 340 g/mol. The van der Waals surface area contributed by atoms with Crippen molar-refractivity contribution in [2.75, 3.05) is 73.6 Å². The predicted molar refractivity (Wildman–Crippen MR) is 97.3 cm³/mol. The van der Waals surface area contributed by atoms with E-state index in [1.807, 2.05) is 21.0 Å². The maximum Gasteiger partial charge on any atom is 0.323 e. The number of carbonyl (C=O) groups is 1. The van der Waals surface area contributed by atoms with Gasteiger partial charge in [-0.05, 0) is 47.3 Å². The number of carbonyl (C=O) groups excluding carboxylic acids is 1. The third-order valence-corrected chi connectivity index (χ3v) is 5.44. The van der Waals surface area contributed by atoms with Gasteiger partial charge in [0.05, 0.1) is 6.61 Å². The van der Waals surface area contributed by atoms with Crippen LogP contribution in [0.1, 0.15) is 26.2 Å². The molecule has 24 heavy (non-hydrogen) atoms. The lowest BCUT2D eigenvalue weighted by atomic mass is 10.0. The molecule has 0 spiro atoms. The van der Waals surface area contributed by atoms with Crippen molar-refractivity contribution >= 4 is 5.97 Å². The number of esters is 1. The molecular formula is C18H36N4O2. The van der Waals surface area contributed by atoms with Gasteiger partial charge < -0.3 is 14.5 Å². The number of piperazine rings is 1. The number of rotatable bonds is 7. The van der Waals surface area contributed by atoms with Crippen LogP contribution in [0.4, 0.5) is 0 Å². The van der Waals surface area contributed by atoms with E-state index in [0.717, 1.165) is 26.1 Å². The number of hydrogen-bond donors (Lipinski definition) is 0. The van der Waals surface area contributed by atoms with Crippen LogP contribution in [0.15, 0.2) is 0 Å². The normalized spacial score (nSPS) is 23.5. The highest BCUT2D eigenvalue weighted by Crippen LogP contribution is 2.20. The molecule has 2 heterocycles. The summed E-state index contributed by atoms with van der Waals surface area (Å²) in [7, 11) is 6.27. The van der Waals surface area contributed by atoms with E-state index in [1.165, 1.54) is 39.0 Å². The molecule has 0 aromatic carbocycles. The van der Waals surface area contributed by atoms with Crippen LogP contribution in [-0.2, 0) is 9.53 Å². The van der Waals surface area contributed by atoms with Crippen molar-refractivity contribution in [1.29, 1.82) is 0 Å². The molecule has 0 saturated carbocycles. The number of ether oxygens (including phenoxy) is 1. The second kappa shape index (κ2) is 9.70. The minimum Gasteiger partial charge on any atom is -0.464 e. The summed E-state index contributed by atoms with van der Waals surface area (Å²) in [6, 6.07) is 0.580. The van der Waals surface area contributed by atoms with Gasteiger partial charge in [0.15, 0.2) is 0 Å². The Morgan fingerprint density at radius 1 is 1.12 bits per heavy atom. The maximum absolute atomic E-state index is 12.2. The van der Waals surface area contributed by atoms with Gasteiger partial charge in [0.1, 0.15) is 6.04 Å². The second-order valence-corrected chi connectivity index (χ2v) is 7.61. The first-order valence-electron chi connectivity index (χ1n) is 9.45. The number of likely N-dealkylation sites (tertiary alicyclic amines) is 1. The van der Waals surface area contributed by atoms with E-state index in [-0.39, 0.29) is 12.0 Å². The minimum atomic E-state index is -0.113. The topological polar surface area (TPSA) is 39.3 Å². The summed E-state index contributed by atoms with van der Waals surface area (Å²) in [5.41, 5.74) is 0. The third kappa shape index (κ3) is 5.99. The lowest BCUT2D eigenvalue weighted by Crippen LogP contribution is -2.54. The summed E-state index contributed by atoms with van der Waals surface area (Å²) >= 11 is 0. The molecule has 140 valence electrons. The van der Waals surface area contributed by atoms with Crippen LogP contribution >= 0.6 is 0 Å². The van der Waals surface area contributed by atoms with Crippen LogP contribution in [0, 0.1) is 0 Å². The highest BCUT2D eigenvalue weighted by atomic mass is 16.5. The first-order valence-corrected chi connectivity index (χ1v) is 9.45. The molecule has 1 unspecified atom stereocenters. The zero-order valence-corrected chi connectivity index (χ0v) is 16.0. The fourth-order valence-electron chi connectivity index (χ4n) is 3.65. The SMILES string of the molecule is CC(C(=O)OCCCN(C)C)N1CCC(N2CCN(C)CC2)CC1. The Labute approximate surface area is 147 Å². The maximum atomic E-state index is 12.2. The van der Waals surface area contributed by atoms with Gasteiger partial charge in [-0.2, -0.15) is 0 Å². The van der Waals surface area contributed by atoms with Crippen LogP contribution in [0.5, 0.6) is 0 Å². The summed E-state index contributed by atoms with van der Waals surface area (Å²) in [5, 5.41) is 0. The summed E-state index contributed by atoms with van der Waals surface area (Å²) in [6.45, 7) is 10.2. The lowest BCUT2D eigenvalue weighted by Gasteiger charge is -2.43. The first kappa shape index (κ1) is 19.6. The molecule has 0 N–H and O–H groups in total. The fourth-order valence-corrected chi connectivity index (χ4v) is 3.65. The van der Waals surface area contributed by atoms with E-state index in [1.54, 1.807) is 0 Å². The summed E-state index contributed by atoms with van der Waals surface area (Å²) in [6.07, 6.45) is 3.24. The standard InChI is InChI=1S/C18H36N4O2/c1-16(18(23)24-15-5-8-19(2)3)21-9-6-17(7-10-21)22-13-11-20(4)12-14-22/h16-17H,5-15H2,1-4H3. The van der Waals surface area contributed by atoms with Gasteiger partial charge in [-0.25, -0.2) is 0 Å². The van der Waals surface area contributed by atoms with E-state index in [0.29, 0.717) is 12.6 Å². The van der Waals surface area contributed by atoms with Gasteiger partial charge in [0.25, 0.3) is 0 Å². The minimum absolute atomic E-state index is 0.0631. The number of hydrogen-bond acceptors (Lipinski definition) is 6. The van der Waals surface area contributed by atoms with Crippen molar-refractivity contribution in [1.82, 2.24) is 19.6 Å². The average molecular weight is 341 g/mol. The number of likely N-dealkylation sites (N-methyl/N-ethyl adjacent to an activating group) is 1. The largest absolute Gasteiger partial charge is 0.464 e. The Morgan fingerprint density at radius 3 is 2.33 bits per heavy atom. The smallest absolute Gasteiger partial charge is 0.323 e. The highest BCUT2D eigenvalue weighted by molar-refractivity contribution is 5.75. The summed E-state index contributed by atoms with van der Waals surface area (Å²) < 4.78 is 5.44. The van der Waals surface area contributed by atoms with E-state index in [9.17, 15) is 4.79 Å². The summed E-state index contributed by atoms with van der Waals surface area (Å²) in [4.78, 5) is 21.7. The molecule has 0 aromatic heterocycles. The van der Waals surface area contributed by atoms with Gasteiger partial charge in [-0.15, -0.1) is 0 Å². The molecular weight excluding hydrogens is 304 g/mol. The molecule has 6 nitrogen and oxygen atoms in total. The van der Waals surface area contributed by atoms with Crippen molar-refractivity contribution in [3.05, 3.63) is 0 Å². The fraction of sp³-hybridized carbons (Fsp3) is 0.944. The molecule has 0 radical (unpaired) electrons. The zero-order chi connectivity index (χ0) is 17.5. The Hall–Kier alpha value is -0.690. The quantitative estimate of drug-likeness (QED) is 0.499. The lowest BCUT2D eigenvalue weighted by molar-refractivity contribution is -0.150. The Kier molecular flexibility index (Phi) is 7.94. The Bertz CT molecular complexity index is 375. The van der Waals surface area contributed by atoms with Crippen molar-refractivity contribution < 1.29 is 9.53 Å². The third-order valence-electron chi connectivity index (χ3n) is 5.44. The molecule has 1 atom stereocenters.